The Morgan fingerprint density at radius 3 is 2.12 bits per heavy atom. The summed E-state index contributed by atoms with van der Waals surface area (Å²) >= 11 is 0. The fourth-order valence-electron chi connectivity index (χ4n) is 2.81. The molecule has 0 spiro atoms. The second-order valence-electron chi connectivity index (χ2n) is 6.16. The van der Waals surface area contributed by atoms with Crippen LogP contribution in [0.2, 0.25) is 0 Å². The summed E-state index contributed by atoms with van der Waals surface area (Å²) in [5.74, 6) is 1.86. The lowest BCUT2D eigenvalue weighted by Gasteiger charge is -2.31. The van der Waals surface area contributed by atoms with Gasteiger partial charge in [-0.05, 0) is 57.3 Å². The third kappa shape index (κ3) is 5.34. The van der Waals surface area contributed by atoms with Gasteiger partial charge in [-0.15, -0.1) is 0 Å². The van der Waals surface area contributed by atoms with Gasteiger partial charge in [0.15, 0.2) is 0 Å². The SMILES string of the molecule is CCC1CCC(NC(C)CCC(C)C)CC1. The van der Waals surface area contributed by atoms with Crippen LogP contribution in [0.3, 0.4) is 0 Å². The van der Waals surface area contributed by atoms with Crippen molar-refractivity contribution in [3.63, 3.8) is 0 Å². The fraction of sp³-hybridized carbons (Fsp3) is 1.00. The predicted octanol–water partition coefficient (Wildman–Crippen LogP) is 4.37. The maximum atomic E-state index is 3.82. The molecule has 1 unspecified atom stereocenters. The van der Waals surface area contributed by atoms with E-state index in [1.807, 2.05) is 0 Å². The highest BCUT2D eigenvalue weighted by molar-refractivity contribution is 4.78. The molecule has 1 saturated carbocycles. The van der Waals surface area contributed by atoms with Crippen LogP contribution in [0.5, 0.6) is 0 Å². The Bertz CT molecular complexity index is 168. The molecule has 0 amide bonds. The van der Waals surface area contributed by atoms with Gasteiger partial charge in [0, 0.05) is 12.1 Å². The van der Waals surface area contributed by atoms with Gasteiger partial charge in [0.05, 0.1) is 0 Å². The molecule has 0 bridgehead atoms. The normalized spacial score (nSPS) is 28.3. The molecule has 0 aromatic rings. The standard InChI is InChI=1S/C15H31N/c1-5-14-8-10-15(11-9-14)16-13(4)7-6-12(2)3/h12-16H,5-11H2,1-4H3. The van der Waals surface area contributed by atoms with E-state index in [1.165, 1.54) is 44.9 Å². The highest BCUT2D eigenvalue weighted by atomic mass is 14.9. The van der Waals surface area contributed by atoms with Gasteiger partial charge in [-0.2, -0.15) is 0 Å². The van der Waals surface area contributed by atoms with Crippen LogP contribution in [0.25, 0.3) is 0 Å². The molecule has 1 atom stereocenters. The molecule has 1 nitrogen and oxygen atoms in total. The summed E-state index contributed by atoms with van der Waals surface area (Å²) in [6, 6.07) is 1.52. The zero-order valence-corrected chi connectivity index (χ0v) is 11.8. The number of nitrogens with one attached hydrogen (secondary N) is 1. The Labute approximate surface area is 102 Å². The molecule has 1 aliphatic rings. The van der Waals surface area contributed by atoms with Crippen molar-refractivity contribution in [2.75, 3.05) is 0 Å². The molecule has 0 aromatic carbocycles. The Hall–Kier alpha value is -0.0400. The molecule has 0 aromatic heterocycles. The van der Waals surface area contributed by atoms with Crippen LogP contribution in [0.1, 0.15) is 72.6 Å². The Balaban J connectivity index is 2.13. The van der Waals surface area contributed by atoms with E-state index in [0.717, 1.165) is 17.9 Å². The molecule has 0 heterocycles. The lowest BCUT2D eigenvalue weighted by molar-refractivity contribution is 0.266. The summed E-state index contributed by atoms with van der Waals surface area (Å²) in [5.41, 5.74) is 0. The van der Waals surface area contributed by atoms with Crippen molar-refractivity contribution < 1.29 is 0 Å². The molecule has 0 saturated heterocycles. The largest absolute Gasteiger partial charge is 0.312 e. The molecular weight excluding hydrogens is 194 g/mol. The van der Waals surface area contributed by atoms with E-state index in [0.29, 0.717) is 6.04 Å². The van der Waals surface area contributed by atoms with Crippen molar-refractivity contribution >= 4 is 0 Å². The first-order valence-corrected chi connectivity index (χ1v) is 7.37. The van der Waals surface area contributed by atoms with Crippen LogP contribution < -0.4 is 5.32 Å². The number of hydrogen-bond donors (Lipinski definition) is 1. The smallest absolute Gasteiger partial charge is 0.00697 e. The minimum atomic E-state index is 0.713. The zero-order valence-electron chi connectivity index (χ0n) is 11.8. The molecule has 1 fully saturated rings. The van der Waals surface area contributed by atoms with Gasteiger partial charge >= 0.3 is 0 Å². The molecule has 1 heteroatoms. The van der Waals surface area contributed by atoms with Crippen molar-refractivity contribution in [3.05, 3.63) is 0 Å². The molecule has 0 aliphatic heterocycles. The van der Waals surface area contributed by atoms with Crippen LogP contribution in [-0.2, 0) is 0 Å². The molecule has 16 heavy (non-hydrogen) atoms. The minimum Gasteiger partial charge on any atom is -0.312 e. The van der Waals surface area contributed by atoms with Crippen molar-refractivity contribution in [3.8, 4) is 0 Å². The van der Waals surface area contributed by atoms with Gasteiger partial charge in [-0.25, -0.2) is 0 Å². The Kier molecular flexibility index (Phi) is 6.41. The van der Waals surface area contributed by atoms with E-state index in [1.54, 1.807) is 0 Å². The maximum Gasteiger partial charge on any atom is 0.00697 e. The van der Waals surface area contributed by atoms with Crippen LogP contribution in [0.4, 0.5) is 0 Å². The van der Waals surface area contributed by atoms with Crippen LogP contribution in [0.15, 0.2) is 0 Å². The van der Waals surface area contributed by atoms with Gasteiger partial charge < -0.3 is 5.32 Å². The Morgan fingerprint density at radius 1 is 1.00 bits per heavy atom. The van der Waals surface area contributed by atoms with Crippen LogP contribution in [-0.4, -0.2) is 12.1 Å². The van der Waals surface area contributed by atoms with Crippen LogP contribution in [0, 0.1) is 11.8 Å². The summed E-state index contributed by atoms with van der Waals surface area (Å²) in [5, 5.41) is 3.82. The van der Waals surface area contributed by atoms with Crippen molar-refractivity contribution in [1.29, 1.82) is 0 Å². The van der Waals surface area contributed by atoms with Gasteiger partial charge in [0.25, 0.3) is 0 Å². The highest BCUT2D eigenvalue weighted by Gasteiger charge is 2.20. The summed E-state index contributed by atoms with van der Waals surface area (Å²) in [6.07, 6.45) is 9.80. The van der Waals surface area contributed by atoms with E-state index >= 15 is 0 Å². The third-order valence-electron chi connectivity index (χ3n) is 4.12. The summed E-state index contributed by atoms with van der Waals surface area (Å²) in [7, 11) is 0. The lowest BCUT2D eigenvalue weighted by atomic mass is 9.84. The first-order chi connectivity index (χ1) is 7.61. The van der Waals surface area contributed by atoms with Gasteiger partial charge in [-0.1, -0.05) is 27.2 Å². The third-order valence-corrected chi connectivity index (χ3v) is 4.12. The van der Waals surface area contributed by atoms with Crippen molar-refractivity contribution in [1.82, 2.24) is 5.32 Å². The second-order valence-corrected chi connectivity index (χ2v) is 6.16. The Morgan fingerprint density at radius 2 is 1.62 bits per heavy atom. The van der Waals surface area contributed by atoms with Crippen LogP contribution >= 0.6 is 0 Å². The van der Waals surface area contributed by atoms with Gasteiger partial charge in [0.1, 0.15) is 0 Å². The average molecular weight is 225 g/mol. The van der Waals surface area contributed by atoms with E-state index in [9.17, 15) is 0 Å². The molecular formula is C15H31N. The maximum absolute atomic E-state index is 3.82. The van der Waals surface area contributed by atoms with E-state index in [-0.39, 0.29) is 0 Å². The molecule has 1 aliphatic carbocycles. The minimum absolute atomic E-state index is 0.713. The molecule has 1 N–H and O–H groups in total. The topological polar surface area (TPSA) is 12.0 Å². The van der Waals surface area contributed by atoms with E-state index in [4.69, 9.17) is 0 Å². The second kappa shape index (κ2) is 7.32. The highest BCUT2D eigenvalue weighted by Crippen LogP contribution is 2.26. The number of rotatable bonds is 6. The average Bonchev–Trinajstić information content (AvgIpc) is 2.27. The molecule has 96 valence electrons. The summed E-state index contributed by atoms with van der Waals surface area (Å²) < 4.78 is 0. The van der Waals surface area contributed by atoms with Crippen molar-refractivity contribution in [2.45, 2.75) is 84.7 Å². The van der Waals surface area contributed by atoms with E-state index in [2.05, 4.69) is 33.0 Å². The first kappa shape index (κ1) is 14.0. The molecule has 0 radical (unpaired) electrons. The monoisotopic (exact) mass is 225 g/mol. The van der Waals surface area contributed by atoms with Crippen molar-refractivity contribution in [2.24, 2.45) is 11.8 Å². The fourth-order valence-corrected chi connectivity index (χ4v) is 2.81. The van der Waals surface area contributed by atoms with Gasteiger partial charge in [0.2, 0.25) is 0 Å². The number of hydrogen-bond acceptors (Lipinski definition) is 1. The lowest BCUT2D eigenvalue weighted by Crippen LogP contribution is -2.39. The first-order valence-electron chi connectivity index (χ1n) is 7.37. The molecule has 1 rings (SSSR count). The zero-order chi connectivity index (χ0) is 12.0. The van der Waals surface area contributed by atoms with E-state index < -0.39 is 0 Å². The quantitative estimate of drug-likeness (QED) is 0.708. The predicted molar refractivity (Wildman–Crippen MR) is 72.7 cm³/mol. The van der Waals surface area contributed by atoms with Gasteiger partial charge in [-0.3, -0.25) is 0 Å². The summed E-state index contributed by atoms with van der Waals surface area (Å²) in [4.78, 5) is 0. The summed E-state index contributed by atoms with van der Waals surface area (Å²) in [6.45, 7) is 9.33.